The van der Waals surface area contributed by atoms with E-state index in [0.717, 1.165) is 22.5 Å². The average Bonchev–Trinajstić information content (AvgIpc) is 2.71. The average molecular weight is 326 g/mol. The molecule has 6 heteroatoms. The third-order valence-electron chi connectivity index (χ3n) is 3.34. The lowest BCUT2D eigenvalue weighted by atomic mass is 10.0. The summed E-state index contributed by atoms with van der Waals surface area (Å²) in [5.74, 6) is 0.539. The van der Waals surface area contributed by atoms with Crippen molar-refractivity contribution < 1.29 is 0 Å². The maximum absolute atomic E-state index is 6.18. The van der Waals surface area contributed by atoms with Crippen molar-refractivity contribution in [3.63, 3.8) is 0 Å². The van der Waals surface area contributed by atoms with Gasteiger partial charge in [0, 0.05) is 29.4 Å². The fraction of sp³-hybridized carbons (Fsp3) is 0.118. The molecule has 0 saturated heterocycles. The fourth-order valence-corrected chi connectivity index (χ4v) is 2.43. The van der Waals surface area contributed by atoms with Crippen LogP contribution in [-0.2, 0) is 0 Å². The summed E-state index contributed by atoms with van der Waals surface area (Å²) >= 11 is 6.18. The maximum Gasteiger partial charge on any atom is 0.240 e. The topological polar surface area (TPSA) is 52.4 Å². The van der Waals surface area contributed by atoms with Gasteiger partial charge in [0.25, 0.3) is 0 Å². The van der Waals surface area contributed by atoms with Crippen LogP contribution >= 0.6 is 11.6 Å². The lowest BCUT2D eigenvalue weighted by molar-refractivity contribution is 0.522. The molecule has 116 valence electrons. The summed E-state index contributed by atoms with van der Waals surface area (Å²) in [6.07, 6.45) is 1.66. The molecule has 5 nitrogen and oxygen atoms in total. The molecule has 1 N–H and O–H groups in total. The van der Waals surface area contributed by atoms with Crippen molar-refractivity contribution >= 4 is 35.2 Å². The second-order valence-corrected chi connectivity index (χ2v) is 5.37. The van der Waals surface area contributed by atoms with Crippen molar-refractivity contribution in [2.24, 2.45) is 15.2 Å². The van der Waals surface area contributed by atoms with Gasteiger partial charge in [-0.1, -0.05) is 41.9 Å². The van der Waals surface area contributed by atoms with Gasteiger partial charge in [0.15, 0.2) is 0 Å². The van der Waals surface area contributed by atoms with E-state index in [-0.39, 0.29) is 0 Å². The molecule has 2 aromatic carbocycles. The van der Waals surface area contributed by atoms with E-state index in [1.807, 2.05) is 62.5 Å². The van der Waals surface area contributed by atoms with Crippen molar-refractivity contribution in [3.8, 4) is 0 Å². The quantitative estimate of drug-likeness (QED) is 0.677. The van der Waals surface area contributed by atoms with Crippen molar-refractivity contribution in [2.45, 2.75) is 6.92 Å². The number of nitrogens with zero attached hydrogens (tertiary/aromatic N) is 4. The molecule has 0 saturated carbocycles. The summed E-state index contributed by atoms with van der Waals surface area (Å²) in [7, 11) is 1.83. The van der Waals surface area contributed by atoms with Crippen molar-refractivity contribution in [1.29, 1.82) is 0 Å². The molecule has 2 aromatic rings. The van der Waals surface area contributed by atoms with Crippen LogP contribution in [0.3, 0.4) is 0 Å². The summed E-state index contributed by atoms with van der Waals surface area (Å²) in [4.78, 5) is 4.62. The van der Waals surface area contributed by atoms with Gasteiger partial charge in [0.05, 0.1) is 5.69 Å². The van der Waals surface area contributed by atoms with Gasteiger partial charge in [0.2, 0.25) is 5.96 Å². The van der Waals surface area contributed by atoms with E-state index < -0.39 is 0 Å². The Hall–Kier alpha value is -2.66. The van der Waals surface area contributed by atoms with Crippen LogP contribution in [0.4, 0.5) is 5.69 Å². The number of hydrazone groups is 2. The Morgan fingerprint density at radius 3 is 2.70 bits per heavy atom. The molecular weight excluding hydrogens is 310 g/mol. The number of benzene rings is 2. The number of nitrogens with one attached hydrogen (secondary N) is 1. The molecule has 1 aliphatic rings. The van der Waals surface area contributed by atoms with Crippen molar-refractivity contribution in [2.75, 3.05) is 7.05 Å². The molecule has 1 aliphatic heterocycles. The van der Waals surface area contributed by atoms with E-state index in [0.29, 0.717) is 11.0 Å². The highest BCUT2D eigenvalue weighted by Crippen LogP contribution is 2.28. The van der Waals surface area contributed by atoms with Crippen molar-refractivity contribution in [1.82, 2.24) is 10.4 Å². The number of halogens is 1. The first-order valence-electron chi connectivity index (χ1n) is 7.19. The largest absolute Gasteiger partial charge is 0.246 e. The van der Waals surface area contributed by atoms with Gasteiger partial charge in [-0.3, -0.25) is 0 Å². The van der Waals surface area contributed by atoms with Gasteiger partial charge in [-0.25, -0.2) is 15.4 Å². The van der Waals surface area contributed by atoms with Crippen LogP contribution in [0.1, 0.15) is 18.1 Å². The van der Waals surface area contributed by atoms with Crippen LogP contribution in [0.5, 0.6) is 0 Å². The third-order valence-corrected chi connectivity index (χ3v) is 3.57. The maximum atomic E-state index is 6.18. The minimum Gasteiger partial charge on any atom is -0.246 e. The van der Waals surface area contributed by atoms with Gasteiger partial charge in [-0.15, -0.1) is 0 Å². The molecule has 0 unspecified atom stereocenters. The Morgan fingerprint density at radius 1 is 1.17 bits per heavy atom. The molecule has 3 rings (SSSR count). The van der Waals surface area contributed by atoms with Gasteiger partial charge in [-0.05, 0) is 25.1 Å². The van der Waals surface area contributed by atoms with Crippen LogP contribution in [0.15, 0.2) is 63.7 Å². The van der Waals surface area contributed by atoms with Crippen LogP contribution in [0, 0.1) is 0 Å². The molecule has 0 bridgehead atoms. The molecule has 0 radical (unpaired) electrons. The molecule has 0 atom stereocenters. The highest BCUT2D eigenvalue weighted by atomic mass is 35.5. The monoisotopic (exact) mass is 325 g/mol. The zero-order valence-electron chi connectivity index (χ0n) is 12.9. The van der Waals surface area contributed by atoms with Crippen molar-refractivity contribution in [3.05, 3.63) is 64.7 Å². The lowest BCUT2D eigenvalue weighted by Crippen LogP contribution is -2.32. The van der Waals surface area contributed by atoms with E-state index in [9.17, 15) is 0 Å². The Morgan fingerprint density at radius 2 is 1.96 bits per heavy atom. The Kier molecular flexibility index (Phi) is 4.39. The number of guanidine groups is 1. The number of aliphatic imine (C=N–C) groups is 1. The number of rotatable bonds is 2. The predicted molar refractivity (Wildman–Crippen MR) is 95.7 cm³/mol. The first-order valence-corrected chi connectivity index (χ1v) is 7.57. The molecule has 23 heavy (non-hydrogen) atoms. The number of hydrogen-bond acceptors (Lipinski definition) is 5. The van der Waals surface area contributed by atoms with E-state index in [1.54, 1.807) is 11.2 Å². The standard InChI is InChI=1S/C17H16ClN5/c1-3-19-21-17-20-15-10-9-13(18)11-14(15)16(22-23(17)2)12-7-5-4-6-8-12/h3-11H,1-2H3,(H,20,21). The minimum atomic E-state index is 0.539. The zero-order valence-corrected chi connectivity index (χ0v) is 13.6. The first kappa shape index (κ1) is 15.2. The van der Waals surface area contributed by atoms with E-state index in [1.165, 1.54) is 0 Å². The Bertz CT molecular complexity index is 796. The smallest absolute Gasteiger partial charge is 0.240 e. The van der Waals surface area contributed by atoms with Crippen LogP contribution in [-0.4, -0.2) is 29.9 Å². The Balaban J connectivity index is 2.17. The first-order chi connectivity index (χ1) is 11.2. The Labute approximate surface area is 140 Å². The third kappa shape index (κ3) is 3.24. The number of fused-ring (bicyclic) bond motifs is 1. The molecule has 1 heterocycles. The van der Waals surface area contributed by atoms with E-state index >= 15 is 0 Å². The zero-order chi connectivity index (χ0) is 16.2. The van der Waals surface area contributed by atoms with Gasteiger partial charge >= 0.3 is 0 Å². The van der Waals surface area contributed by atoms with E-state index in [2.05, 4.69) is 20.6 Å². The summed E-state index contributed by atoms with van der Waals surface area (Å²) in [5, 5.41) is 11.0. The second-order valence-electron chi connectivity index (χ2n) is 4.93. The van der Waals surface area contributed by atoms with E-state index in [4.69, 9.17) is 11.6 Å². The predicted octanol–water partition coefficient (Wildman–Crippen LogP) is 3.62. The highest BCUT2D eigenvalue weighted by molar-refractivity contribution is 6.31. The molecular formula is C17H16ClN5. The SMILES string of the molecule is CC=NNC1=Nc2ccc(Cl)cc2C(c2ccccc2)=NN1C. The summed E-state index contributed by atoms with van der Waals surface area (Å²) in [6, 6.07) is 15.5. The minimum absolute atomic E-state index is 0.539. The van der Waals surface area contributed by atoms with Gasteiger partial charge in [-0.2, -0.15) is 10.2 Å². The molecule has 0 aromatic heterocycles. The van der Waals surface area contributed by atoms with Crippen LogP contribution in [0.25, 0.3) is 0 Å². The number of hydrogen-bond donors (Lipinski definition) is 1. The molecule has 0 spiro atoms. The highest BCUT2D eigenvalue weighted by Gasteiger charge is 2.19. The lowest BCUT2D eigenvalue weighted by Gasteiger charge is -2.14. The normalized spacial score (nSPS) is 14.1. The molecule has 0 aliphatic carbocycles. The summed E-state index contributed by atoms with van der Waals surface area (Å²) in [6.45, 7) is 1.83. The fourth-order valence-electron chi connectivity index (χ4n) is 2.26. The second kappa shape index (κ2) is 6.62. The molecule has 0 fully saturated rings. The summed E-state index contributed by atoms with van der Waals surface area (Å²) in [5.41, 5.74) is 6.37. The van der Waals surface area contributed by atoms with Gasteiger partial charge < -0.3 is 0 Å². The van der Waals surface area contributed by atoms with Crippen LogP contribution in [0.2, 0.25) is 5.02 Å². The molecule has 0 amide bonds. The summed E-state index contributed by atoms with van der Waals surface area (Å²) < 4.78 is 0. The van der Waals surface area contributed by atoms with Crippen LogP contribution < -0.4 is 5.43 Å². The van der Waals surface area contributed by atoms with Gasteiger partial charge in [0.1, 0.15) is 5.71 Å².